The van der Waals surface area contributed by atoms with Crippen molar-refractivity contribution in [3.05, 3.63) is 29.3 Å². The summed E-state index contributed by atoms with van der Waals surface area (Å²) in [6, 6.07) is 5.45. The summed E-state index contributed by atoms with van der Waals surface area (Å²) >= 11 is 0. The molecule has 0 spiro atoms. The molecule has 80 valence electrons. The van der Waals surface area contributed by atoms with Crippen molar-refractivity contribution in [3.63, 3.8) is 0 Å². The second-order valence-corrected chi connectivity index (χ2v) is 9.34. The van der Waals surface area contributed by atoms with E-state index >= 15 is 0 Å². The van der Waals surface area contributed by atoms with E-state index in [4.69, 9.17) is 0 Å². The van der Waals surface area contributed by atoms with Gasteiger partial charge in [-0.1, -0.05) is 37.7 Å². The Morgan fingerprint density at radius 1 is 1.27 bits per heavy atom. The van der Waals surface area contributed by atoms with Gasteiger partial charge in [0.1, 0.15) is 8.07 Å². The lowest BCUT2D eigenvalue weighted by atomic mass is 10.1. The second kappa shape index (κ2) is 4.50. The molecule has 0 bridgehead atoms. The fourth-order valence-electron chi connectivity index (χ4n) is 1.16. The van der Waals surface area contributed by atoms with Crippen LogP contribution in [0.2, 0.25) is 19.6 Å². The maximum Gasteiger partial charge on any atom is 0.129 e. The van der Waals surface area contributed by atoms with Crippen LogP contribution in [-0.2, 0) is 0 Å². The maximum absolute atomic E-state index is 12.5. The van der Waals surface area contributed by atoms with Gasteiger partial charge in [-0.2, -0.15) is 0 Å². The highest BCUT2D eigenvalue weighted by Crippen LogP contribution is 2.18. The number of hydrogen-bond donors (Lipinski definition) is 1. The third kappa shape index (κ3) is 3.41. The SMILES string of the molecule is Cc1cccc(NF)c1C#C[Si](C)(C)C. The van der Waals surface area contributed by atoms with E-state index in [1.54, 1.807) is 11.6 Å². The maximum atomic E-state index is 12.5. The van der Waals surface area contributed by atoms with Crippen molar-refractivity contribution in [2.24, 2.45) is 0 Å². The first-order chi connectivity index (χ1) is 6.94. The van der Waals surface area contributed by atoms with Crippen LogP contribution in [0.15, 0.2) is 18.2 Å². The Morgan fingerprint density at radius 3 is 2.47 bits per heavy atom. The van der Waals surface area contributed by atoms with Crippen molar-refractivity contribution in [2.75, 3.05) is 5.54 Å². The van der Waals surface area contributed by atoms with Gasteiger partial charge in [-0.15, -0.1) is 10.0 Å². The predicted octanol–water partition coefficient (Wildman–Crippen LogP) is 3.52. The lowest BCUT2D eigenvalue weighted by Gasteiger charge is -2.06. The first kappa shape index (κ1) is 11.8. The summed E-state index contributed by atoms with van der Waals surface area (Å²) in [5.74, 6) is 3.08. The van der Waals surface area contributed by atoms with Crippen LogP contribution >= 0.6 is 0 Å². The fraction of sp³-hybridized carbons (Fsp3) is 0.333. The summed E-state index contributed by atoms with van der Waals surface area (Å²) in [5.41, 5.74) is 7.15. The van der Waals surface area contributed by atoms with Crippen LogP contribution in [0.4, 0.5) is 10.2 Å². The molecule has 1 aromatic rings. The Labute approximate surface area is 91.7 Å². The molecule has 0 amide bonds. The minimum absolute atomic E-state index is 0.459. The minimum atomic E-state index is -1.41. The molecule has 0 atom stereocenters. The van der Waals surface area contributed by atoms with Gasteiger partial charge in [-0.05, 0) is 18.6 Å². The van der Waals surface area contributed by atoms with Crippen LogP contribution in [-0.4, -0.2) is 8.07 Å². The molecule has 0 saturated heterocycles. The highest BCUT2D eigenvalue weighted by molar-refractivity contribution is 6.83. The lowest BCUT2D eigenvalue weighted by molar-refractivity contribution is 0.617. The van der Waals surface area contributed by atoms with Gasteiger partial charge in [0.2, 0.25) is 0 Å². The zero-order valence-electron chi connectivity index (χ0n) is 9.61. The Hall–Kier alpha value is -1.27. The molecule has 0 heterocycles. The highest BCUT2D eigenvalue weighted by atomic mass is 28.3. The molecule has 1 rings (SSSR count). The number of halogens is 1. The van der Waals surface area contributed by atoms with E-state index in [2.05, 4.69) is 31.1 Å². The first-order valence-electron chi connectivity index (χ1n) is 4.93. The molecule has 1 N–H and O–H groups in total. The number of benzene rings is 1. The zero-order valence-corrected chi connectivity index (χ0v) is 10.6. The van der Waals surface area contributed by atoms with Crippen molar-refractivity contribution in [3.8, 4) is 11.5 Å². The van der Waals surface area contributed by atoms with Crippen molar-refractivity contribution in [1.29, 1.82) is 0 Å². The topological polar surface area (TPSA) is 12.0 Å². The Kier molecular flexibility index (Phi) is 3.54. The van der Waals surface area contributed by atoms with E-state index in [0.717, 1.165) is 11.1 Å². The number of rotatable bonds is 1. The average Bonchev–Trinajstić information content (AvgIpc) is 2.14. The molecule has 0 fully saturated rings. The first-order valence-corrected chi connectivity index (χ1v) is 8.43. The van der Waals surface area contributed by atoms with E-state index in [9.17, 15) is 4.48 Å². The van der Waals surface area contributed by atoms with Crippen LogP contribution in [0, 0.1) is 18.4 Å². The van der Waals surface area contributed by atoms with Crippen LogP contribution in [0.1, 0.15) is 11.1 Å². The molecule has 0 aliphatic heterocycles. The molecular weight excluding hydrogens is 205 g/mol. The number of anilines is 1. The number of aryl methyl sites for hydroxylation is 1. The Morgan fingerprint density at radius 2 is 1.93 bits per heavy atom. The molecule has 15 heavy (non-hydrogen) atoms. The summed E-state index contributed by atoms with van der Waals surface area (Å²) in [7, 11) is -1.41. The molecule has 0 saturated carbocycles. The molecular formula is C12H16FNSi. The van der Waals surface area contributed by atoms with Gasteiger partial charge in [-0.3, -0.25) is 0 Å². The molecule has 0 aliphatic carbocycles. The summed E-state index contributed by atoms with van der Waals surface area (Å²) < 4.78 is 12.5. The van der Waals surface area contributed by atoms with Crippen molar-refractivity contribution in [2.45, 2.75) is 26.6 Å². The summed E-state index contributed by atoms with van der Waals surface area (Å²) in [5, 5.41) is 0. The van der Waals surface area contributed by atoms with Crippen LogP contribution < -0.4 is 5.54 Å². The quantitative estimate of drug-likeness (QED) is 0.434. The number of hydrogen-bond acceptors (Lipinski definition) is 1. The Balaban J connectivity index is 3.17. The van der Waals surface area contributed by atoms with Crippen LogP contribution in [0.5, 0.6) is 0 Å². The van der Waals surface area contributed by atoms with E-state index in [0.29, 0.717) is 5.69 Å². The smallest absolute Gasteiger partial charge is 0.129 e. The molecule has 0 aromatic heterocycles. The normalized spacial score (nSPS) is 10.5. The van der Waals surface area contributed by atoms with Crippen molar-refractivity contribution in [1.82, 2.24) is 0 Å². The average molecular weight is 221 g/mol. The number of nitrogens with one attached hydrogen (secondary N) is 1. The monoisotopic (exact) mass is 221 g/mol. The minimum Gasteiger partial charge on any atom is -0.223 e. The third-order valence-corrected chi connectivity index (χ3v) is 2.81. The standard InChI is InChI=1S/C12H16FNSi/c1-10-6-5-7-12(14-13)11(10)8-9-15(2,3)4/h5-7,14H,1-4H3. The molecule has 0 radical (unpaired) electrons. The molecule has 3 heteroatoms. The van der Waals surface area contributed by atoms with Crippen LogP contribution in [0.25, 0.3) is 0 Å². The molecule has 1 aromatic carbocycles. The molecule has 0 unspecified atom stereocenters. The van der Waals surface area contributed by atoms with Gasteiger partial charge < -0.3 is 0 Å². The van der Waals surface area contributed by atoms with E-state index in [-0.39, 0.29) is 0 Å². The van der Waals surface area contributed by atoms with Gasteiger partial charge in [0.05, 0.1) is 11.3 Å². The van der Waals surface area contributed by atoms with E-state index < -0.39 is 8.07 Å². The third-order valence-electron chi connectivity index (χ3n) is 1.94. The van der Waals surface area contributed by atoms with Gasteiger partial charge in [0.15, 0.2) is 0 Å². The van der Waals surface area contributed by atoms with Gasteiger partial charge >= 0.3 is 0 Å². The largest absolute Gasteiger partial charge is 0.223 e. The fourth-order valence-corrected chi connectivity index (χ4v) is 1.66. The molecule has 1 nitrogen and oxygen atoms in total. The lowest BCUT2D eigenvalue weighted by Crippen LogP contribution is -2.16. The van der Waals surface area contributed by atoms with E-state index in [1.807, 2.05) is 19.1 Å². The van der Waals surface area contributed by atoms with Gasteiger partial charge in [0, 0.05) is 0 Å². The molecule has 0 aliphatic rings. The van der Waals surface area contributed by atoms with E-state index in [1.165, 1.54) is 0 Å². The van der Waals surface area contributed by atoms with Gasteiger partial charge in [-0.25, -0.2) is 5.54 Å². The van der Waals surface area contributed by atoms with Gasteiger partial charge in [0.25, 0.3) is 0 Å². The summed E-state index contributed by atoms with van der Waals surface area (Å²) in [6.45, 7) is 8.44. The summed E-state index contributed by atoms with van der Waals surface area (Å²) in [4.78, 5) is 0. The zero-order chi connectivity index (χ0) is 11.5. The van der Waals surface area contributed by atoms with Crippen molar-refractivity contribution < 1.29 is 4.48 Å². The highest BCUT2D eigenvalue weighted by Gasteiger charge is 2.09. The van der Waals surface area contributed by atoms with Crippen LogP contribution in [0.3, 0.4) is 0 Å². The summed E-state index contributed by atoms with van der Waals surface area (Å²) in [6.07, 6.45) is 0. The van der Waals surface area contributed by atoms with Crippen molar-refractivity contribution >= 4 is 13.8 Å². The second-order valence-electron chi connectivity index (χ2n) is 4.59. The predicted molar refractivity (Wildman–Crippen MR) is 66.1 cm³/mol. The Bertz CT molecular complexity index is 410.